The zero-order valence-corrected chi connectivity index (χ0v) is 13.5. The highest BCUT2D eigenvalue weighted by atomic mass is 35.5. The molecule has 0 amide bonds. The van der Waals surface area contributed by atoms with Crippen molar-refractivity contribution in [3.8, 4) is 5.88 Å². The Hall–Kier alpha value is -2.26. The molecule has 0 aliphatic carbocycles. The van der Waals surface area contributed by atoms with Crippen LogP contribution in [0.3, 0.4) is 0 Å². The quantitative estimate of drug-likeness (QED) is 0.627. The fourth-order valence-electron chi connectivity index (χ4n) is 2.65. The van der Waals surface area contributed by atoms with E-state index in [4.69, 9.17) is 11.6 Å². The number of nitrogens with zero attached hydrogens (tertiary/aromatic N) is 1. The summed E-state index contributed by atoms with van der Waals surface area (Å²) >= 11 is 6.27. The van der Waals surface area contributed by atoms with Crippen molar-refractivity contribution in [2.75, 3.05) is 0 Å². The van der Waals surface area contributed by atoms with Crippen molar-refractivity contribution in [3.05, 3.63) is 57.6 Å². The normalized spacial score (nSPS) is 11.6. The summed E-state index contributed by atoms with van der Waals surface area (Å²) in [6, 6.07) is 9.91. The standard InChI is InChI=1S/C18H17ClN2O/c1-10-4-5-13-14(18(22)21-16(13)8-10)9-20-17-12(3)6-11(2)7-15(17)19/h4-9,21-22H,1-3H3. The molecule has 0 atom stereocenters. The summed E-state index contributed by atoms with van der Waals surface area (Å²) in [7, 11) is 0. The van der Waals surface area contributed by atoms with Crippen LogP contribution in [0.4, 0.5) is 5.69 Å². The van der Waals surface area contributed by atoms with Crippen LogP contribution < -0.4 is 0 Å². The van der Waals surface area contributed by atoms with Crippen LogP contribution in [0.25, 0.3) is 10.9 Å². The van der Waals surface area contributed by atoms with Gasteiger partial charge in [-0.05, 0) is 49.6 Å². The van der Waals surface area contributed by atoms with Gasteiger partial charge < -0.3 is 10.1 Å². The first-order valence-electron chi connectivity index (χ1n) is 7.08. The van der Waals surface area contributed by atoms with Gasteiger partial charge in [0.1, 0.15) is 0 Å². The number of rotatable bonds is 2. The first kappa shape index (κ1) is 14.7. The minimum absolute atomic E-state index is 0.116. The second-order valence-corrected chi connectivity index (χ2v) is 6.01. The van der Waals surface area contributed by atoms with Gasteiger partial charge in [0.15, 0.2) is 5.88 Å². The summed E-state index contributed by atoms with van der Waals surface area (Å²) in [4.78, 5) is 7.46. The van der Waals surface area contributed by atoms with Gasteiger partial charge in [0.05, 0.1) is 16.3 Å². The highest BCUT2D eigenvalue weighted by molar-refractivity contribution is 6.33. The number of benzene rings is 2. The van der Waals surface area contributed by atoms with Crippen LogP contribution in [0.1, 0.15) is 22.3 Å². The zero-order valence-electron chi connectivity index (χ0n) is 12.7. The lowest BCUT2D eigenvalue weighted by molar-refractivity contribution is 0.457. The highest BCUT2D eigenvalue weighted by Gasteiger charge is 2.10. The van der Waals surface area contributed by atoms with E-state index in [9.17, 15) is 5.11 Å². The first-order valence-corrected chi connectivity index (χ1v) is 7.45. The van der Waals surface area contributed by atoms with Gasteiger partial charge >= 0.3 is 0 Å². The summed E-state index contributed by atoms with van der Waals surface area (Å²) in [6.07, 6.45) is 1.66. The van der Waals surface area contributed by atoms with Crippen molar-refractivity contribution in [3.63, 3.8) is 0 Å². The van der Waals surface area contributed by atoms with Crippen molar-refractivity contribution in [2.24, 2.45) is 4.99 Å². The molecular weight excluding hydrogens is 296 g/mol. The topological polar surface area (TPSA) is 48.4 Å². The number of halogens is 1. The average Bonchev–Trinajstić information content (AvgIpc) is 2.72. The van der Waals surface area contributed by atoms with Crippen LogP contribution >= 0.6 is 11.6 Å². The van der Waals surface area contributed by atoms with E-state index >= 15 is 0 Å². The number of fused-ring (bicyclic) bond motifs is 1. The molecule has 0 saturated heterocycles. The van der Waals surface area contributed by atoms with Gasteiger partial charge in [0.2, 0.25) is 0 Å². The summed E-state index contributed by atoms with van der Waals surface area (Å²) in [5.41, 5.74) is 5.54. The SMILES string of the molecule is Cc1cc(C)c(N=Cc2c(O)[nH]c3cc(C)ccc23)c(Cl)c1. The van der Waals surface area contributed by atoms with Crippen LogP contribution in [0.5, 0.6) is 5.88 Å². The number of aliphatic imine (C=N–C) groups is 1. The van der Waals surface area contributed by atoms with Crippen LogP contribution in [-0.4, -0.2) is 16.3 Å². The van der Waals surface area contributed by atoms with E-state index < -0.39 is 0 Å². The molecule has 0 aliphatic heterocycles. The molecule has 3 aromatic rings. The van der Waals surface area contributed by atoms with Crippen LogP contribution in [0.15, 0.2) is 35.3 Å². The molecule has 0 bridgehead atoms. The smallest absolute Gasteiger partial charge is 0.198 e. The Balaban J connectivity index is 2.09. The summed E-state index contributed by atoms with van der Waals surface area (Å²) in [5, 5.41) is 11.7. The maximum Gasteiger partial charge on any atom is 0.198 e. The van der Waals surface area contributed by atoms with Crippen molar-refractivity contribution < 1.29 is 5.11 Å². The van der Waals surface area contributed by atoms with Crippen LogP contribution in [0, 0.1) is 20.8 Å². The van der Waals surface area contributed by atoms with Gasteiger partial charge in [-0.15, -0.1) is 0 Å². The summed E-state index contributed by atoms with van der Waals surface area (Å²) in [5.74, 6) is 0.116. The first-order chi connectivity index (χ1) is 10.5. The number of nitrogens with one attached hydrogen (secondary N) is 1. The lowest BCUT2D eigenvalue weighted by Gasteiger charge is -2.04. The Morgan fingerprint density at radius 3 is 2.59 bits per heavy atom. The number of hydrogen-bond donors (Lipinski definition) is 2. The summed E-state index contributed by atoms with van der Waals surface area (Å²) in [6.45, 7) is 5.99. The predicted octanol–water partition coefficient (Wildman–Crippen LogP) is 5.20. The Kier molecular flexibility index (Phi) is 3.67. The molecule has 112 valence electrons. The van der Waals surface area contributed by atoms with Gasteiger partial charge in [-0.3, -0.25) is 4.99 Å². The van der Waals surface area contributed by atoms with E-state index in [0.29, 0.717) is 10.6 Å². The lowest BCUT2D eigenvalue weighted by Crippen LogP contribution is -1.83. The van der Waals surface area contributed by atoms with Gasteiger partial charge in [0.25, 0.3) is 0 Å². The molecule has 2 N–H and O–H groups in total. The molecule has 3 rings (SSSR count). The summed E-state index contributed by atoms with van der Waals surface area (Å²) < 4.78 is 0. The molecular formula is C18H17ClN2O. The third kappa shape index (κ3) is 2.60. The molecule has 0 saturated carbocycles. The van der Waals surface area contributed by atoms with Gasteiger partial charge in [-0.2, -0.15) is 0 Å². The number of aromatic amines is 1. The van der Waals surface area contributed by atoms with Crippen LogP contribution in [0.2, 0.25) is 5.02 Å². The van der Waals surface area contributed by atoms with Gasteiger partial charge in [0, 0.05) is 17.1 Å². The third-order valence-corrected chi connectivity index (χ3v) is 3.98. The van der Waals surface area contributed by atoms with Crippen LogP contribution in [-0.2, 0) is 0 Å². The molecule has 0 spiro atoms. The van der Waals surface area contributed by atoms with Gasteiger partial charge in [-0.25, -0.2) is 0 Å². The number of aryl methyl sites for hydroxylation is 3. The monoisotopic (exact) mass is 312 g/mol. The number of aromatic nitrogens is 1. The minimum Gasteiger partial charge on any atom is -0.494 e. The average molecular weight is 313 g/mol. The number of aromatic hydroxyl groups is 1. The van der Waals surface area contributed by atoms with Crippen molar-refractivity contribution in [2.45, 2.75) is 20.8 Å². The fourth-order valence-corrected chi connectivity index (χ4v) is 3.02. The van der Waals surface area contributed by atoms with E-state index in [1.54, 1.807) is 6.21 Å². The third-order valence-electron chi connectivity index (χ3n) is 3.69. The van der Waals surface area contributed by atoms with E-state index in [1.807, 2.05) is 51.1 Å². The van der Waals surface area contributed by atoms with Crippen molar-refractivity contribution in [1.29, 1.82) is 0 Å². The molecule has 3 nitrogen and oxygen atoms in total. The lowest BCUT2D eigenvalue weighted by atomic mass is 10.1. The van der Waals surface area contributed by atoms with E-state index in [0.717, 1.165) is 33.3 Å². The molecule has 4 heteroatoms. The maximum absolute atomic E-state index is 10.1. The second-order valence-electron chi connectivity index (χ2n) is 5.61. The Bertz CT molecular complexity index is 870. The largest absolute Gasteiger partial charge is 0.494 e. The molecule has 1 heterocycles. The van der Waals surface area contributed by atoms with E-state index in [-0.39, 0.29) is 5.88 Å². The molecule has 0 radical (unpaired) electrons. The number of hydrogen-bond acceptors (Lipinski definition) is 2. The molecule has 0 fully saturated rings. The Morgan fingerprint density at radius 2 is 1.86 bits per heavy atom. The number of H-pyrrole nitrogens is 1. The Morgan fingerprint density at radius 1 is 1.09 bits per heavy atom. The second kappa shape index (κ2) is 5.50. The van der Waals surface area contributed by atoms with Crippen molar-refractivity contribution in [1.82, 2.24) is 4.98 Å². The zero-order chi connectivity index (χ0) is 15.9. The minimum atomic E-state index is 0.116. The molecule has 22 heavy (non-hydrogen) atoms. The molecule has 0 aliphatic rings. The molecule has 1 aromatic heterocycles. The molecule has 0 unspecified atom stereocenters. The maximum atomic E-state index is 10.1. The predicted molar refractivity (Wildman–Crippen MR) is 92.9 cm³/mol. The molecule has 2 aromatic carbocycles. The highest BCUT2D eigenvalue weighted by Crippen LogP contribution is 2.31. The van der Waals surface area contributed by atoms with Gasteiger partial charge in [-0.1, -0.05) is 29.8 Å². The fraction of sp³-hybridized carbons (Fsp3) is 0.167. The Labute approximate surface area is 134 Å². The van der Waals surface area contributed by atoms with Crippen molar-refractivity contribution >= 4 is 34.4 Å². The van der Waals surface area contributed by atoms with E-state index in [2.05, 4.69) is 9.98 Å². The van der Waals surface area contributed by atoms with E-state index in [1.165, 1.54) is 0 Å².